The number of carbonyl (C=O) groups is 2. The monoisotopic (exact) mass is 353 g/mol. The zero-order chi connectivity index (χ0) is 18.5. The summed E-state index contributed by atoms with van der Waals surface area (Å²) >= 11 is 0. The molecule has 1 heterocycles. The van der Waals surface area contributed by atoms with E-state index in [-0.39, 0.29) is 31.0 Å². The standard InChI is InChI=1S/C21H23NO4/c1-3-18-12-22(13-21(24)25-14-16-7-5-4-6-8-16)19-11-17(15(2)23)9-10-20(19)26-18/h4-11,18H,3,12-14H2,1-2H3. The molecule has 2 aromatic rings. The van der Waals surface area contributed by atoms with Crippen molar-refractivity contribution in [3.63, 3.8) is 0 Å². The summed E-state index contributed by atoms with van der Waals surface area (Å²) < 4.78 is 11.4. The number of benzene rings is 2. The smallest absolute Gasteiger partial charge is 0.325 e. The van der Waals surface area contributed by atoms with Crippen LogP contribution in [0.25, 0.3) is 0 Å². The fourth-order valence-corrected chi connectivity index (χ4v) is 2.95. The number of ketones is 1. The van der Waals surface area contributed by atoms with Gasteiger partial charge in [0.05, 0.1) is 12.2 Å². The van der Waals surface area contributed by atoms with E-state index in [1.807, 2.05) is 42.2 Å². The molecule has 0 N–H and O–H groups in total. The maximum Gasteiger partial charge on any atom is 0.325 e. The molecule has 5 nitrogen and oxygen atoms in total. The van der Waals surface area contributed by atoms with Crippen LogP contribution in [-0.2, 0) is 16.1 Å². The highest BCUT2D eigenvalue weighted by molar-refractivity contribution is 5.95. The predicted octanol–water partition coefficient (Wildman–Crippen LogP) is 3.61. The minimum Gasteiger partial charge on any atom is -0.486 e. The van der Waals surface area contributed by atoms with Crippen molar-refractivity contribution in [3.8, 4) is 5.75 Å². The van der Waals surface area contributed by atoms with E-state index in [1.165, 1.54) is 6.92 Å². The van der Waals surface area contributed by atoms with Gasteiger partial charge >= 0.3 is 5.97 Å². The molecule has 0 spiro atoms. The first-order valence-electron chi connectivity index (χ1n) is 8.83. The van der Waals surface area contributed by atoms with Gasteiger partial charge in [-0.1, -0.05) is 37.3 Å². The molecule has 5 heteroatoms. The van der Waals surface area contributed by atoms with E-state index < -0.39 is 0 Å². The molecule has 26 heavy (non-hydrogen) atoms. The van der Waals surface area contributed by atoms with Gasteiger partial charge in [-0.05, 0) is 37.1 Å². The van der Waals surface area contributed by atoms with E-state index >= 15 is 0 Å². The van der Waals surface area contributed by atoms with Gasteiger partial charge in [-0.3, -0.25) is 9.59 Å². The Morgan fingerprint density at radius 3 is 2.65 bits per heavy atom. The number of Topliss-reactive ketones (excluding diaryl/α,β-unsaturated/α-hetero) is 1. The first-order valence-corrected chi connectivity index (χ1v) is 8.83. The predicted molar refractivity (Wildman–Crippen MR) is 99.6 cm³/mol. The van der Waals surface area contributed by atoms with Crippen LogP contribution in [0.5, 0.6) is 5.75 Å². The lowest BCUT2D eigenvalue weighted by Gasteiger charge is -2.35. The highest BCUT2D eigenvalue weighted by atomic mass is 16.5. The molecule has 2 aromatic carbocycles. The maximum atomic E-state index is 12.3. The lowest BCUT2D eigenvalue weighted by atomic mass is 10.1. The van der Waals surface area contributed by atoms with Gasteiger partial charge in [-0.15, -0.1) is 0 Å². The van der Waals surface area contributed by atoms with E-state index in [1.54, 1.807) is 18.2 Å². The van der Waals surface area contributed by atoms with Gasteiger partial charge in [-0.2, -0.15) is 0 Å². The van der Waals surface area contributed by atoms with E-state index in [4.69, 9.17) is 9.47 Å². The average Bonchev–Trinajstić information content (AvgIpc) is 2.66. The number of nitrogens with zero attached hydrogens (tertiary/aromatic N) is 1. The van der Waals surface area contributed by atoms with Crippen molar-refractivity contribution in [3.05, 3.63) is 59.7 Å². The lowest BCUT2D eigenvalue weighted by Crippen LogP contribution is -2.42. The number of hydrogen-bond donors (Lipinski definition) is 0. The van der Waals surface area contributed by atoms with E-state index in [9.17, 15) is 9.59 Å². The first-order chi connectivity index (χ1) is 12.6. The van der Waals surface area contributed by atoms with E-state index in [0.717, 1.165) is 17.7 Å². The molecule has 0 aliphatic carbocycles. The summed E-state index contributed by atoms with van der Waals surface area (Å²) in [6.45, 7) is 4.54. The molecule has 1 unspecified atom stereocenters. The molecule has 0 saturated carbocycles. The summed E-state index contributed by atoms with van der Waals surface area (Å²) in [7, 11) is 0. The highest BCUT2D eigenvalue weighted by Gasteiger charge is 2.27. The third-order valence-electron chi connectivity index (χ3n) is 4.44. The second-order valence-corrected chi connectivity index (χ2v) is 6.41. The largest absolute Gasteiger partial charge is 0.486 e. The molecule has 1 aliphatic heterocycles. The van der Waals surface area contributed by atoms with Crippen LogP contribution in [0, 0.1) is 0 Å². The second kappa shape index (κ2) is 8.04. The number of esters is 1. The fraction of sp³-hybridized carbons (Fsp3) is 0.333. The van der Waals surface area contributed by atoms with Gasteiger partial charge in [0.15, 0.2) is 5.78 Å². The van der Waals surface area contributed by atoms with Crippen molar-refractivity contribution < 1.29 is 19.1 Å². The summed E-state index contributed by atoms with van der Waals surface area (Å²) in [5.41, 5.74) is 2.32. The maximum absolute atomic E-state index is 12.3. The molecule has 3 rings (SSSR count). The lowest BCUT2D eigenvalue weighted by molar-refractivity contribution is -0.143. The van der Waals surface area contributed by atoms with Crippen LogP contribution >= 0.6 is 0 Å². The van der Waals surface area contributed by atoms with Crippen molar-refractivity contribution in [1.82, 2.24) is 0 Å². The molecule has 0 fully saturated rings. The number of fused-ring (bicyclic) bond motifs is 1. The van der Waals surface area contributed by atoms with Gasteiger partial charge in [0, 0.05) is 5.56 Å². The summed E-state index contributed by atoms with van der Waals surface area (Å²) in [5, 5.41) is 0. The molecular weight excluding hydrogens is 330 g/mol. The zero-order valence-corrected chi connectivity index (χ0v) is 15.1. The van der Waals surface area contributed by atoms with Crippen molar-refractivity contribution in [2.75, 3.05) is 18.0 Å². The quantitative estimate of drug-likeness (QED) is 0.586. The molecule has 1 aliphatic rings. The van der Waals surface area contributed by atoms with Crippen LogP contribution < -0.4 is 9.64 Å². The number of carbonyl (C=O) groups excluding carboxylic acids is 2. The first kappa shape index (κ1) is 18.0. The number of hydrogen-bond acceptors (Lipinski definition) is 5. The SMILES string of the molecule is CCC1CN(CC(=O)OCc2ccccc2)c2cc(C(C)=O)ccc2O1. The Morgan fingerprint density at radius 2 is 1.96 bits per heavy atom. The number of ether oxygens (including phenoxy) is 2. The Kier molecular flexibility index (Phi) is 5.56. The van der Waals surface area contributed by atoms with Crippen LogP contribution in [0.1, 0.15) is 36.2 Å². The third-order valence-corrected chi connectivity index (χ3v) is 4.44. The molecule has 0 bridgehead atoms. The van der Waals surface area contributed by atoms with Crippen molar-refractivity contribution >= 4 is 17.4 Å². The Morgan fingerprint density at radius 1 is 1.19 bits per heavy atom. The summed E-state index contributed by atoms with van der Waals surface area (Å²) in [6.07, 6.45) is 0.844. The van der Waals surface area contributed by atoms with Gasteiger partial charge in [-0.25, -0.2) is 0 Å². The summed E-state index contributed by atoms with van der Waals surface area (Å²) in [6, 6.07) is 14.9. The minimum atomic E-state index is -0.301. The Labute approximate surface area is 153 Å². The van der Waals surface area contributed by atoms with Crippen molar-refractivity contribution in [1.29, 1.82) is 0 Å². The van der Waals surface area contributed by atoms with Crippen LogP contribution in [0.2, 0.25) is 0 Å². The van der Waals surface area contributed by atoms with Crippen LogP contribution in [0.4, 0.5) is 5.69 Å². The second-order valence-electron chi connectivity index (χ2n) is 6.41. The Bertz CT molecular complexity index is 788. The van der Waals surface area contributed by atoms with Gasteiger partial charge in [0.1, 0.15) is 25.0 Å². The Hall–Kier alpha value is -2.82. The van der Waals surface area contributed by atoms with Crippen LogP contribution in [0.15, 0.2) is 48.5 Å². The molecule has 0 amide bonds. The molecule has 1 atom stereocenters. The van der Waals surface area contributed by atoms with Gasteiger partial charge < -0.3 is 14.4 Å². The minimum absolute atomic E-state index is 0.00704. The van der Waals surface area contributed by atoms with Crippen molar-refractivity contribution in [2.45, 2.75) is 33.0 Å². The van der Waals surface area contributed by atoms with Crippen LogP contribution in [0.3, 0.4) is 0 Å². The summed E-state index contributed by atoms with van der Waals surface area (Å²) in [5.74, 6) is 0.380. The molecule has 0 radical (unpaired) electrons. The number of anilines is 1. The normalized spacial score (nSPS) is 15.8. The van der Waals surface area contributed by atoms with Gasteiger partial charge in [0.2, 0.25) is 0 Å². The number of rotatable bonds is 6. The molecule has 136 valence electrons. The van der Waals surface area contributed by atoms with Gasteiger partial charge in [0.25, 0.3) is 0 Å². The topological polar surface area (TPSA) is 55.8 Å². The fourth-order valence-electron chi connectivity index (χ4n) is 2.95. The average molecular weight is 353 g/mol. The Balaban J connectivity index is 1.72. The van der Waals surface area contributed by atoms with Crippen molar-refractivity contribution in [2.24, 2.45) is 0 Å². The third kappa shape index (κ3) is 4.23. The zero-order valence-electron chi connectivity index (χ0n) is 15.1. The van der Waals surface area contributed by atoms with E-state index in [0.29, 0.717) is 17.9 Å². The summed E-state index contributed by atoms with van der Waals surface area (Å²) in [4.78, 5) is 26.0. The molecule has 0 saturated heterocycles. The molecular formula is C21H23NO4. The van der Waals surface area contributed by atoms with E-state index in [2.05, 4.69) is 0 Å². The highest BCUT2D eigenvalue weighted by Crippen LogP contribution is 2.35. The molecule has 0 aromatic heterocycles. The van der Waals surface area contributed by atoms with Crippen LogP contribution in [-0.4, -0.2) is 30.9 Å².